The summed E-state index contributed by atoms with van der Waals surface area (Å²) in [6.07, 6.45) is 0. The van der Waals surface area contributed by atoms with Crippen LogP contribution in [0.15, 0.2) is 23.2 Å². The van der Waals surface area contributed by atoms with Gasteiger partial charge in [-0.1, -0.05) is 6.07 Å². The van der Waals surface area contributed by atoms with Crippen molar-refractivity contribution in [3.63, 3.8) is 0 Å². The lowest BCUT2D eigenvalue weighted by Gasteiger charge is -2.35. The molecular weight excluding hydrogens is 274 g/mol. The molecular formula is C17H29N5. The Hall–Kier alpha value is -1.59. The van der Waals surface area contributed by atoms with E-state index in [1.165, 1.54) is 11.1 Å². The molecule has 0 bridgehead atoms. The number of rotatable bonds is 4. The standard InChI is InChI=1S/C17H29N5/c1-13-5-6-16(11-14(13)2)20-17(18)19-12-15(3)22-9-7-21(4)8-10-22/h5-6,11,15H,7-10,12H2,1-4H3,(H3,18,19,20). The number of nitrogens with two attached hydrogens (primary N) is 1. The molecule has 1 aliphatic heterocycles. The third kappa shape index (κ3) is 4.71. The Labute approximate surface area is 134 Å². The van der Waals surface area contributed by atoms with E-state index in [1.54, 1.807) is 0 Å². The molecule has 1 saturated heterocycles. The number of hydrogen-bond acceptors (Lipinski definition) is 3. The Morgan fingerprint density at radius 1 is 1.23 bits per heavy atom. The largest absolute Gasteiger partial charge is 0.370 e. The lowest BCUT2D eigenvalue weighted by Crippen LogP contribution is -2.49. The molecule has 0 aliphatic carbocycles. The van der Waals surface area contributed by atoms with Crippen molar-refractivity contribution in [1.82, 2.24) is 9.80 Å². The van der Waals surface area contributed by atoms with Crippen LogP contribution in [-0.4, -0.2) is 61.6 Å². The molecule has 1 heterocycles. The number of anilines is 1. The lowest BCUT2D eigenvalue weighted by molar-refractivity contribution is 0.122. The predicted molar refractivity (Wildman–Crippen MR) is 94.6 cm³/mol. The highest BCUT2D eigenvalue weighted by molar-refractivity contribution is 5.92. The number of hydrogen-bond donors (Lipinski definition) is 2. The van der Waals surface area contributed by atoms with Gasteiger partial charge in [0.05, 0.1) is 6.54 Å². The van der Waals surface area contributed by atoms with Gasteiger partial charge in [0.25, 0.3) is 0 Å². The fourth-order valence-electron chi connectivity index (χ4n) is 2.62. The van der Waals surface area contributed by atoms with Gasteiger partial charge < -0.3 is 16.0 Å². The number of benzene rings is 1. The smallest absolute Gasteiger partial charge is 0.193 e. The van der Waals surface area contributed by atoms with Crippen molar-refractivity contribution in [2.45, 2.75) is 26.8 Å². The normalized spacial score (nSPS) is 19.2. The molecule has 1 aliphatic rings. The summed E-state index contributed by atoms with van der Waals surface area (Å²) >= 11 is 0. The number of likely N-dealkylation sites (N-methyl/N-ethyl adjacent to an activating group) is 1. The molecule has 5 nitrogen and oxygen atoms in total. The number of aryl methyl sites for hydroxylation is 2. The SMILES string of the molecule is Cc1ccc(NC(N)=NCC(C)N2CCN(C)CC2)cc1C. The van der Waals surface area contributed by atoms with Gasteiger partial charge in [-0.05, 0) is 51.1 Å². The van der Waals surface area contributed by atoms with Crippen molar-refractivity contribution in [3.8, 4) is 0 Å². The zero-order valence-electron chi connectivity index (χ0n) is 14.3. The number of guanidine groups is 1. The van der Waals surface area contributed by atoms with E-state index in [-0.39, 0.29) is 0 Å². The monoisotopic (exact) mass is 303 g/mol. The minimum Gasteiger partial charge on any atom is -0.370 e. The van der Waals surface area contributed by atoms with Crippen molar-refractivity contribution in [1.29, 1.82) is 0 Å². The van der Waals surface area contributed by atoms with Gasteiger partial charge in [0.15, 0.2) is 5.96 Å². The van der Waals surface area contributed by atoms with Crippen LogP contribution in [0.25, 0.3) is 0 Å². The predicted octanol–water partition coefficient (Wildman–Crippen LogP) is 1.67. The summed E-state index contributed by atoms with van der Waals surface area (Å²) in [6.45, 7) is 11.6. The quantitative estimate of drug-likeness (QED) is 0.656. The zero-order chi connectivity index (χ0) is 16.1. The summed E-state index contributed by atoms with van der Waals surface area (Å²) in [5, 5.41) is 3.18. The number of piperazine rings is 1. The van der Waals surface area contributed by atoms with E-state index in [1.807, 2.05) is 6.07 Å². The second-order valence-corrected chi connectivity index (χ2v) is 6.34. The van der Waals surface area contributed by atoms with Crippen LogP contribution in [0.3, 0.4) is 0 Å². The zero-order valence-corrected chi connectivity index (χ0v) is 14.3. The topological polar surface area (TPSA) is 56.9 Å². The van der Waals surface area contributed by atoms with Crippen molar-refractivity contribution >= 4 is 11.6 Å². The first-order chi connectivity index (χ1) is 10.5. The molecule has 3 N–H and O–H groups in total. The maximum Gasteiger partial charge on any atom is 0.193 e. The van der Waals surface area contributed by atoms with E-state index in [0.717, 1.165) is 38.4 Å². The van der Waals surface area contributed by atoms with Gasteiger partial charge >= 0.3 is 0 Å². The highest BCUT2D eigenvalue weighted by atomic mass is 15.3. The van der Waals surface area contributed by atoms with Crippen LogP contribution >= 0.6 is 0 Å². The van der Waals surface area contributed by atoms with Crippen molar-refractivity contribution < 1.29 is 0 Å². The Morgan fingerprint density at radius 2 is 1.91 bits per heavy atom. The average molecular weight is 303 g/mol. The van der Waals surface area contributed by atoms with Gasteiger partial charge in [-0.2, -0.15) is 0 Å². The van der Waals surface area contributed by atoms with Crippen LogP contribution < -0.4 is 11.1 Å². The van der Waals surface area contributed by atoms with Crippen LogP contribution in [0.4, 0.5) is 5.69 Å². The molecule has 1 atom stereocenters. The molecule has 5 heteroatoms. The van der Waals surface area contributed by atoms with E-state index in [0.29, 0.717) is 12.0 Å². The Morgan fingerprint density at radius 3 is 2.55 bits per heavy atom. The number of aliphatic imine (C=N–C) groups is 1. The molecule has 2 rings (SSSR count). The Bertz CT molecular complexity index is 518. The summed E-state index contributed by atoms with van der Waals surface area (Å²) in [5.41, 5.74) is 9.54. The van der Waals surface area contributed by atoms with Crippen LogP contribution in [0.1, 0.15) is 18.1 Å². The van der Waals surface area contributed by atoms with Crippen LogP contribution in [-0.2, 0) is 0 Å². The van der Waals surface area contributed by atoms with Crippen LogP contribution in [0.5, 0.6) is 0 Å². The Balaban J connectivity index is 1.85. The van der Waals surface area contributed by atoms with Gasteiger partial charge in [0, 0.05) is 37.9 Å². The third-order valence-electron chi connectivity index (χ3n) is 4.47. The molecule has 0 aromatic heterocycles. The fraction of sp³-hybridized carbons (Fsp3) is 0.588. The number of nitrogens with zero attached hydrogens (tertiary/aromatic N) is 3. The Kier molecular flexibility index (Phi) is 5.80. The van der Waals surface area contributed by atoms with Gasteiger partial charge in [-0.15, -0.1) is 0 Å². The minimum absolute atomic E-state index is 0.425. The first kappa shape index (κ1) is 16.8. The molecule has 0 radical (unpaired) electrons. The van der Waals surface area contributed by atoms with Gasteiger partial charge in [0.2, 0.25) is 0 Å². The highest BCUT2D eigenvalue weighted by Crippen LogP contribution is 2.13. The van der Waals surface area contributed by atoms with E-state index in [9.17, 15) is 0 Å². The van der Waals surface area contributed by atoms with E-state index in [2.05, 4.69) is 60.1 Å². The van der Waals surface area contributed by atoms with Crippen molar-refractivity contribution in [2.75, 3.05) is 45.1 Å². The average Bonchev–Trinajstić information content (AvgIpc) is 2.49. The molecule has 0 spiro atoms. The van der Waals surface area contributed by atoms with E-state index < -0.39 is 0 Å². The second kappa shape index (κ2) is 7.61. The number of nitrogens with one attached hydrogen (secondary N) is 1. The summed E-state index contributed by atoms with van der Waals surface area (Å²) in [6, 6.07) is 6.66. The summed E-state index contributed by atoms with van der Waals surface area (Å²) in [7, 11) is 2.17. The summed E-state index contributed by atoms with van der Waals surface area (Å²) in [4.78, 5) is 9.34. The van der Waals surface area contributed by atoms with E-state index >= 15 is 0 Å². The fourth-order valence-corrected chi connectivity index (χ4v) is 2.62. The highest BCUT2D eigenvalue weighted by Gasteiger charge is 2.18. The molecule has 0 amide bonds. The maximum absolute atomic E-state index is 6.01. The first-order valence-corrected chi connectivity index (χ1v) is 8.02. The van der Waals surface area contributed by atoms with Gasteiger partial charge in [-0.25, -0.2) is 0 Å². The summed E-state index contributed by atoms with van der Waals surface area (Å²) < 4.78 is 0. The van der Waals surface area contributed by atoms with Gasteiger partial charge in [0.1, 0.15) is 0 Å². The van der Waals surface area contributed by atoms with Crippen molar-refractivity contribution in [2.24, 2.45) is 10.7 Å². The first-order valence-electron chi connectivity index (χ1n) is 8.02. The maximum atomic E-state index is 6.01. The minimum atomic E-state index is 0.425. The molecule has 1 aromatic rings. The van der Waals surface area contributed by atoms with Crippen LogP contribution in [0, 0.1) is 13.8 Å². The third-order valence-corrected chi connectivity index (χ3v) is 4.47. The van der Waals surface area contributed by atoms with E-state index in [4.69, 9.17) is 5.73 Å². The van der Waals surface area contributed by atoms with Crippen molar-refractivity contribution in [3.05, 3.63) is 29.3 Å². The molecule has 1 aromatic carbocycles. The molecule has 0 saturated carbocycles. The second-order valence-electron chi connectivity index (χ2n) is 6.34. The molecule has 1 unspecified atom stereocenters. The molecule has 122 valence electrons. The molecule has 1 fully saturated rings. The van der Waals surface area contributed by atoms with Crippen LogP contribution in [0.2, 0.25) is 0 Å². The summed E-state index contributed by atoms with van der Waals surface area (Å²) in [5.74, 6) is 0.490. The van der Waals surface area contributed by atoms with Gasteiger partial charge in [-0.3, -0.25) is 9.89 Å². The lowest BCUT2D eigenvalue weighted by atomic mass is 10.1. The molecule has 22 heavy (non-hydrogen) atoms.